The molecule has 4 amide bonds. The summed E-state index contributed by atoms with van der Waals surface area (Å²) in [7, 11) is 0. The number of oxazole rings is 1. The standard InChI is InChI=1S/C43H45N5O5/c49-29-45-36-22-19-33(27-35(36)37-15-7-9-23-47(37)40(50)25-30-11-3-1-4-12-30)43-44-28-39(53-43)32-17-20-34(21-18-32)46-42(52)38-16-8-10-24-48(38)41(51)26-31-13-5-2-6-14-31/h1-6,11-14,17-22,28-29,35,37-38H,7-10,15-16,23-27H2,(H,45,49)(H,46,52)/t35?,37-,38-/m0/s1. The lowest BCUT2D eigenvalue weighted by atomic mass is 9.80. The van der Waals surface area contributed by atoms with Gasteiger partial charge in [0.1, 0.15) is 6.04 Å². The number of likely N-dealkylation sites (tertiary alicyclic amines) is 2. The van der Waals surface area contributed by atoms with Crippen molar-refractivity contribution in [1.82, 2.24) is 20.1 Å². The number of hydrogen-bond donors (Lipinski definition) is 2. The van der Waals surface area contributed by atoms with Crippen LogP contribution < -0.4 is 10.6 Å². The summed E-state index contributed by atoms with van der Waals surface area (Å²) in [6, 6.07) is 26.2. The van der Waals surface area contributed by atoms with Crippen LogP contribution in [0, 0.1) is 5.92 Å². The maximum atomic E-state index is 13.6. The van der Waals surface area contributed by atoms with Crippen LogP contribution in [0.15, 0.2) is 113 Å². The van der Waals surface area contributed by atoms with E-state index in [1.165, 1.54) is 0 Å². The minimum Gasteiger partial charge on any atom is -0.436 e. The molecule has 0 saturated carbocycles. The molecule has 10 nitrogen and oxygen atoms in total. The van der Waals surface area contributed by atoms with Gasteiger partial charge in [0.25, 0.3) is 0 Å². The fourth-order valence-electron chi connectivity index (χ4n) is 7.89. The predicted octanol–water partition coefficient (Wildman–Crippen LogP) is 6.56. The third-order valence-corrected chi connectivity index (χ3v) is 10.6. The SMILES string of the molecule is O=CNC1=CC=C(c2ncc(-c3ccc(NC(=O)[C@@H]4CCCCN4C(=O)Cc4ccccc4)cc3)o2)CC1[C@@H]1CCCCN1C(=O)Cc1ccccc1. The van der Waals surface area contributed by atoms with Crippen molar-refractivity contribution in [2.24, 2.45) is 5.92 Å². The average molecular weight is 712 g/mol. The topological polar surface area (TPSA) is 125 Å². The van der Waals surface area contributed by atoms with E-state index in [0.717, 1.165) is 60.1 Å². The van der Waals surface area contributed by atoms with E-state index < -0.39 is 6.04 Å². The minimum atomic E-state index is -0.511. The molecular weight excluding hydrogens is 667 g/mol. The van der Waals surface area contributed by atoms with Gasteiger partial charge in [-0.1, -0.05) is 66.7 Å². The molecule has 3 aliphatic rings. The third-order valence-electron chi connectivity index (χ3n) is 10.6. The van der Waals surface area contributed by atoms with Crippen LogP contribution in [-0.4, -0.2) is 64.1 Å². The Kier molecular flexibility index (Phi) is 11.2. The first-order chi connectivity index (χ1) is 26.0. The Morgan fingerprint density at radius 3 is 2.09 bits per heavy atom. The number of piperidine rings is 2. The van der Waals surface area contributed by atoms with E-state index in [2.05, 4.69) is 15.6 Å². The highest BCUT2D eigenvalue weighted by molar-refractivity contribution is 5.97. The molecule has 2 fully saturated rings. The Bertz CT molecular complexity index is 1970. The van der Waals surface area contributed by atoms with Crippen molar-refractivity contribution in [3.05, 3.63) is 126 Å². The van der Waals surface area contributed by atoms with Gasteiger partial charge in [-0.3, -0.25) is 19.2 Å². The summed E-state index contributed by atoms with van der Waals surface area (Å²) in [5.41, 5.74) is 5.03. The lowest BCUT2D eigenvalue weighted by Gasteiger charge is -2.42. The molecule has 0 radical (unpaired) electrons. The van der Waals surface area contributed by atoms with Gasteiger partial charge in [0.15, 0.2) is 5.76 Å². The molecule has 3 heterocycles. The van der Waals surface area contributed by atoms with Crippen LogP contribution in [0.1, 0.15) is 62.0 Å². The number of benzene rings is 3. The van der Waals surface area contributed by atoms with Gasteiger partial charge in [-0.25, -0.2) is 4.98 Å². The zero-order chi connectivity index (χ0) is 36.6. The molecule has 3 atom stereocenters. The lowest BCUT2D eigenvalue weighted by Crippen LogP contribution is -2.50. The van der Waals surface area contributed by atoms with Crippen molar-refractivity contribution in [3.8, 4) is 11.3 Å². The number of nitrogens with zero attached hydrogens (tertiary/aromatic N) is 3. The number of anilines is 1. The largest absolute Gasteiger partial charge is 0.436 e. The summed E-state index contributed by atoms with van der Waals surface area (Å²) >= 11 is 0. The molecule has 272 valence electrons. The van der Waals surface area contributed by atoms with Gasteiger partial charge in [0.2, 0.25) is 30.0 Å². The van der Waals surface area contributed by atoms with Crippen molar-refractivity contribution >= 4 is 35.4 Å². The number of carbonyl (C=O) groups is 4. The van der Waals surface area contributed by atoms with Crippen molar-refractivity contribution in [2.45, 2.75) is 69.9 Å². The van der Waals surface area contributed by atoms with Crippen molar-refractivity contribution in [2.75, 3.05) is 18.4 Å². The van der Waals surface area contributed by atoms with Crippen LogP contribution in [0.3, 0.4) is 0 Å². The molecule has 2 saturated heterocycles. The van der Waals surface area contributed by atoms with E-state index in [0.29, 0.717) is 56.1 Å². The Labute approximate surface area is 310 Å². The predicted molar refractivity (Wildman–Crippen MR) is 203 cm³/mol. The highest BCUT2D eigenvalue weighted by atomic mass is 16.4. The zero-order valence-electron chi connectivity index (χ0n) is 29.8. The Hall–Kier alpha value is -5.77. The van der Waals surface area contributed by atoms with Crippen LogP contribution in [0.2, 0.25) is 0 Å². The molecule has 2 N–H and O–H groups in total. The Morgan fingerprint density at radius 1 is 0.774 bits per heavy atom. The van der Waals surface area contributed by atoms with E-state index in [1.807, 2.05) is 102 Å². The van der Waals surface area contributed by atoms with Crippen LogP contribution in [0.4, 0.5) is 5.69 Å². The van der Waals surface area contributed by atoms with Gasteiger partial charge >= 0.3 is 0 Å². The fourth-order valence-corrected chi connectivity index (χ4v) is 7.89. The van der Waals surface area contributed by atoms with Crippen molar-refractivity contribution < 1.29 is 23.6 Å². The second kappa shape index (κ2) is 16.7. The van der Waals surface area contributed by atoms with E-state index in [-0.39, 0.29) is 36.1 Å². The highest BCUT2D eigenvalue weighted by Crippen LogP contribution is 2.38. The monoisotopic (exact) mass is 711 g/mol. The molecule has 0 spiro atoms. The number of nitrogens with one attached hydrogen (secondary N) is 2. The van der Waals surface area contributed by atoms with Crippen LogP contribution in [0.5, 0.6) is 0 Å². The van der Waals surface area contributed by atoms with E-state index in [4.69, 9.17) is 4.42 Å². The molecule has 0 bridgehead atoms. The summed E-state index contributed by atoms with van der Waals surface area (Å²) in [5, 5.41) is 5.92. The van der Waals surface area contributed by atoms with Gasteiger partial charge < -0.3 is 24.9 Å². The molecule has 1 aliphatic carbocycles. The quantitative estimate of drug-likeness (QED) is 0.170. The van der Waals surface area contributed by atoms with Gasteiger partial charge in [0, 0.05) is 47.6 Å². The molecule has 10 heteroatoms. The summed E-state index contributed by atoms with van der Waals surface area (Å²) in [5.74, 6) is 0.818. The van der Waals surface area contributed by atoms with Gasteiger partial charge in [-0.2, -0.15) is 0 Å². The smallest absolute Gasteiger partial charge is 0.247 e. The Balaban J connectivity index is 1.01. The molecule has 4 aromatic rings. The number of aromatic nitrogens is 1. The van der Waals surface area contributed by atoms with Crippen molar-refractivity contribution in [3.63, 3.8) is 0 Å². The third kappa shape index (κ3) is 8.49. The normalized spacial score (nSPS) is 20.2. The fraction of sp³-hybridized carbons (Fsp3) is 0.326. The first-order valence-corrected chi connectivity index (χ1v) is 18.6. The van der Waals surface area contributed by atoms with E-state index >= 15 is 0 Å². The van der Waals surface area contributed by atoms with Crippen LogP contribution in [-0.2, 0) is 32.0 Å². The number of hydrogen-bond acceptors (Lipinski definition) is 6. The van der Waals surface area contributed by atoms with Crippen molar-refractivity contribution in [1.29, 1.82) is 0 Å². The molecule has 7 rings (SSSR count). The second-order valence-corrected chi connectivity index (χ2v) is 14.1. The number of rotatable bonds is 11. The first kappa shape index (κ1) is 35.6. The van der Waals surface area contributed by atoms with Gasteiger partial charge in [-0.15, -0.1) is 0 Å². The van der Waals surface area contributed by atoms with E-state index in [1.54, 1.807) is 11.1 Å². The molecule has 53 heavy (non-hydrogen) atoms. The summed E-state index contributed by atoms with van der Waals surface area (Å²) < 4.78 is 6.29. The molecule has 1 aromatic heterocycles. The molecule has 1 unspecified atom stereocenters. The maximum absolute atomic E-state index is 13.6. The zero-order valence-corrected chi connectivity index (χ0v) is 29.8. The van der Waals surface area contributed by atoms with E-state index in [9.17, 15) is 19.2 Å². The summed E-state index contributed by atoms with van der Waals surface area (Å²) in [4.78, 5) is 60.2. The highest BCUT2D eigenvalue weighted by Gasteiger charge is 2.37. The number of carbonyl (C=O) groups excluding carboxylic acids is 4. The average Bonchev–Trinajstić information content (AvgIpc) is 3.70. The van der Waals surface area contributed by atoms with Gasteiger partial charge in [-0.05, 0) is 86.4 Å². The summed E-state index contributed by atoms with van der Waals surface area (Å²) in [6.45, 7) is 1.26. The first-order valence-electron chi connectivity index (χ1n) is 18.6. The second-order valence-electron chi connectivity index (χ2n) is 14.1. The molecular formula is C43H45N5O5. The molecule has 3 aromatic carbocycles. The van der Waals surface area contributed by atoms with Crippen LogP contribution >= 0.6 is 0 Å². The Morgan fingerprint density at radius 2 is 1.42 bits per heavy atom. The lowest BCUT2D eigenvalue weighted by molar-refractivity contribution is -0.139. The summed E-state index contributed by atoms with van der Waals surface area (Å²) in [6.07, 6.45) is 12.6. The molecule has 2 aliphatic heterocycles. The number of amides is 4. The maximum Gasteiger partial charge on any atom is 0.247 e. The van der Waals surface area contributed by atoms with Crippen LogP contribution in [0.25, 0.3) is 16.9 Å². The van der Waals surface area contributed by atoms with Gasteiger partial charge in [0.05, 0.1) is 19.0 Å². The number of allylic oxidation sites excluding steroid dienone is 3. The minimum absolute atomic E-state index is 0.0359.